The largest absolute Gasteiger partial charge is 0.404 e. The molecule has 0 spiro atoms. The Morgan fingerprint density at radius 3 is 1.57 bits per heavy atom. The lowest BCUT2D eigenvalue weighted by molar-refractivity contribution is 0.241. The molecular weight excluding hydrogens is 310 g/mol. The first-order valence-electron chi connectivity index (χ1n) is 6.74. The molecule has 2 aromatic carbocycles. The highest BCUT2D eigenvalue weighted by molar-refractivity contribution is 7.01. The fourth-order valence-corrected chi connectivity index (χ4v) is 6.64. The Kier molecular flexibility index (Phi) is 5.14. The molecule has 0 fully saturated rings. The average molecular weight is 327 g/mol. The van der Waals surface area contributed by atoms with E-state index in [1.54, 1.807) is 24.3 Å². The number of halogens is 3. The summed E-state index contributed by atoms with van der Waals surface area (Å²) >= 11 is 6.27. The molecule has 0 saturated heterocycles. The van der Waals surface area contributed by atoms with Crippen molar-refractivity contribution in [3.63, 3.8) is 0 Å². The number of alkyl halides is 1. The molecule has 0 unspecified atom stereocenters. The van der Waals surface area contributed by atoms with Gasteiger partial charge in [0.25, 0.3) is 8.32 Å². The van der Waals surface area contributed by atoms with Crippen LogP contribution in [0.4, 0.5) is 8.78 Å². The minimum atomic E-state index is -2.70. The first-order chi connectivity index (χ1) is 9.98. The predicted molar refractivity (Wildman–Crippen MR) is 84.8 cm³/mol. The van der Waals surface area contributed by atoms with E-state index in [1.807, 2.05) is 13.8 Å². The van der Waals surface area contributed by atoms with E-state index in [9.17, 15) is 8.78 Å². The van der Waals surface area contributed by atoms with Crippen LogP contribution in [0.5, 0.6) is 0 Å². The molecular formula is C16H17ClF2OSi. The summed E-state index contributed by atoms with van der Waals surface area (Å²) in [5.74, 6) is -0.611. The second kappa shape index (κ2) is 6.69. The van der Waals surface area contributed by atoms with Gasteiger partial charge in [-0.1, -0.05) is 24.3 Å². The van der Waals surface area contributed by atoms with Gasteiger partial charge in [0.2, 0.25) is 0 Å². The van der Waals surface area contributed by atoms with Crippen LogP contribution in [-0.2, 0) is 4.43 Å². The van der Waals surface area contributed by atoms with Crippen LogP contribution in [0.1, 0.15) is 13.8 Å². The highest BCUT2D eigenvalue weighted by atomic mass is 35.5. The third kappa shape index (κ3) is 3.51. The van der Waals surface area contributed by atoms with Gasteiger partial charge in [-0.3, -0.25) is 0 Å². The molecule has 0 aliphatic heterocycles. The molecule has 0 N–H and O–H groups in total. The zero-order chi connectivity index (χ0) is 15.5. The van der Waals surface area contributed by atoms with Crippen molar-refractivity contribution >= 4 is 30.3 Å². The SMILES string of the molecule is CC(C)O[Si](CCl)(c1ccc(F)cc1)c1ccc(F)cc1. The van der Waals surface area contributed by atoms with Gasteiger partial charge in [-0.25, -0.2) is 8.78 Å². The Morgan fingerprint density at radius 1 is 0.905 bits per heavy atom. The maximum Gasteiger partial charge on any atom is 0.270 e. The molecule has 0 aliphatic rings. The van der Waals surface area contributed by atoms with Crippen molar-refractivity contribution in [2.75, 3.05) is 5.50 Å². The number of rotatable bonds is 5. The molecule has 1 nitrogen and oxygen atoms in total. The van der Waals surface area contributed by atoms with Crippen LogP contribution in [0, 0.1) is 11.6 Å². The fourth-order valence-electron chi connectivity index (χ4n) is 2.33. The summed E-state index contributed by atoms with van der Waals surface area (Å²) in [6, 6.07) is 12.4. The molecule has 21 heavy (non-hydrogen) atoms. The van der Waals surface area contributed by atoms with Crippen LogP contribution in [0.15, 0.2) is 48.5 Å². The normalized spacial score (nSPS) is 11.9. The number of hydrogen-bond donors (Lipinski definition) is 0. The lowest BCUT2D eigenvalue weighted by Crippen LogP contribution is -2.64. The summed E-state index contributed by atoms with van der Waals surface area (Å²) < 4.78 is 32.6. The molecule has 5 heteroatoms. The van der Waals surface area contributed by atoms with Crippen LogP contribution in [0.3, 0.4) is 0 Å². The maximum atomic E-state index is 13.2. The topological polar surface area (TPSA) is 9.23 Å². The average Bonchev–Trinajstić information content (AvgIpc) is 2.46. The van der Waals surface area contributed by atoms with E-state index in [-0.39, 0.29) is 23.2 Å². The van der Waals surface area contributed by atoms with Gasteiger partial charge in [-0.2, -0.15) is 0 Å². The zero-order valence-electron chi connectivity index (χ0n) is 11.9. The molecule has 112 valence electrons. The van der Waals surface area contributed by atoms with E-state index in [0.717, 1.165) is 10.4 Å². The molecule has 0 amide bonds. The van der Waals surface area contributed by atoms with Gasteiger partial charge in [0.15, 0.2) is 0 Å². The van der Waals surface area contributed by atoms with Crippen molar-refractivity contribution in [3.05, 3.63) is 60.2 Å². The fraction of sp³-hybridized carbons (Fsp3) is 0.250. The summed E-state index contributed by atoms with van der Waals surface area (Å²) in [6.45, 7) is 3.86. The molecule has 2 aromatic rings. The van der Waals surface area contributed by atoms with Crippen molar-refractivity contribution in [3.8, 4) is 0 Å². The molecule has 0 aromatic heterocycles. The van der Waals surface area contributed by atoms with E-state index in [4.69, 9.17) is 16.0 Å². The molecule has 0 atom stereocenters. The van der Waals surface area contributed by atoms with E-state index >= 15 is 0 Å². The van der Waals surface area contributed by atoms with Crippen LogP contribution < -0.4 is 10.4 Å². The van der Waals surface area contributed by atoms with Gasteiger partial charge >= 0.3 is 0 Å². The minimum absolute atomic E-state index is 0.0366. The predicted octanol–water partition coefficient (Wildman–Crippen LogP) is 3.23. The molecule has 0 bridgehead atoms. The van der Waals surface area contributed by atoms with Crippen LogP contribution >= 0.6 is 11.6 Å². The van der Waals surface area contributed by atoms with Crippen LogP contribution in [-0.4, -0.2) is 19.9 Å². The Morgan fingerprint density at radius 2 is 1.29 bits per heavy atom. The third-order valence-corrected chi connectivity index (χ3v) is 8.16. The van der Waals surface area contributed by atoms with Gasteiger partial charge in [0.1, 0.15) is 11.6 Å². The first kappa shape index (κ1) is 16.1. The second-order valence-corrected chi connectivity index (χ2v) is 9.25. The van der Waals surface area contributed by atoms with Gasteiger partial charge in [-0.05, 0) is 48.5 Å². The number of hydrogen-bond acceptors (Lipinski definition) is 1. The van der Waals surface area contributed by atoms with Crippen molar-refractivity contribution < 1.29 is 13.2 Å². The second-order valence-electron chi connectivity index (χ2n) is 5.14. The standard InChI is InChI=1S/C16H17ClF2OSi/c1-12(2)20-21(11-17,15-7-3-13(18)4-8-15)16-9-5-14(19)6-10-16/h3-10,12H,11H2,1-2H3. The molecule has 2 rings (SSSR count). The van der Waals surface area contributed by atoms with Gasteiger partial charge in [0.05, 0.1) is 0 Å². The van der Waals surface area contributed by atoms with Gasteiger partial charge in [-0.15, -0.1) is 11.6 Å². The molecule has 0 radical (unpaired) electrons. The van der Waals surface area contributed by atoms with Crippen LogP contribution in [0.25, 0.3) is 0 Å². The third-order valence-electron chi connectivity index (χ3n) is 3.25. The monoisotopic (exact) mass is 326 g/mol. The Hall–Kier alpha value is -1.23. The number of benzene rings is 2. The first-order valence-corrected chi connectivity index (χ1v) is 9.39. The minimum Gasteiger partial charge on any atom is -0.404 e. The van der Waals surface area contributed by atoms with E-state index in [1.165, 1.54) is 24.3 Å². The van der Waals surface area contributed by atoms with Crippen molar-refractivity contribution in [2.24, 2.45) is 0 Å². The zero-order valence-corrected chi connectivity index (χ0v) is 13.7. The van der Waals surface area contributed by atoms with Crippen molar-refractivity contribution in [1.82, 2.24) is 0 Å². The van der Waals surface area contributed by atoms with Gasteiger partial charge in [0, 0.05) is 11.6 Å². The Labute approximate surface area is 129 Å². The summed E-state index contributed by atoms with van der Waals surface area (Å²) in [7, 11) is -2.70. The van der Waals surface area contributed by atoms with E-state index in [0.29, 0.717) is 0 Å². The van der Waals surface area contributed by atoms with Crippen molar-refractivity contribution in [2.45, 2.75) is 20.0 Å². The lowest BCUT2D eigenvalue weighted by atomic mass is 10.3. The van der Waals surface area contributed by atoms with Crippen LogP contribution in [0.2, 0.25) is 0 Å². The summed E-state index contributed by atoms with van der Waals surface area (Å²) in [4.78, 5) is 0. The van der Waals surface area contributed by atoms with Gasteiger partial charge < -0.3 is 4.43 Å². The molecule has 0 aliphatic carbocycles. The Bertz CT molecular complexity index is 539. The quantitative estimate of drug-likeness (QED) is 0.605. The maximum absolute atomic E-state index is 13.2. The highest BCUT2D eigenvalue weighted by Gasteiger charge is 2.40. The Balaban J connectivity index is 2.56. The molecule has 0 heterocycles. The molecule has 0 saturated carbocycles. The van der Waals surface area contributed by atoms with Crippen molar-refractivity contribution in [1.29, 1.82) is 0 Å². The summed E-state index contributed by atoms with van der Waals surface area (Å²) in [5, 5.41) is 1.75. The lowest BCUT2D eigenvalue weighted by Gasteiger charge is -2.32. The van der Waals surface area contributed by atoms with E-state index < -0.39 is 8.32 Å². The summed E-state index contributed by atoms with van der Waals surface area (Å²) in [6.07, 6.45) is -0.0366. The van der Waals surface area contributed by atoms with E-state index in [2.05, 4.69) is 0 Å². The highest BCUT2D eigenvalue weighted by Crippen LogP contribution is 2.14. The smallest absolute Gasteiger partial charge is 0.270 e. The summed E-state index contributed by atoms with van der Waals surface area (Å²) in [5.41, 5.74) is 0.280.